The Morgan fingerprint density at radius 3 is 2.61 bits per heavy atom. The predicted octanol–water partition coefficient (Wildman–Crippen LogP) is 1.74. The molecule has 1 aromatic carbocycles. The third-order valence-electron chi connectivity index (χ3n) is 2.56. The summed E-state index contributed by atoms with van der Waals surface area (Å²) in [6.45, 7) is 2.69. The van der Waals surface area contributed by atoms with Gasteiger partial charge in [0.05, 0.1) is 12.4 Å². The first-order valence-electron chi connectivity index (χ1n) is 6.20. The molecule has 0 aliphatic rings. The summed E-state index contributed by atoms with van der Waals surface area (Å²) >= 11 is 0. The fraction of sp³-hybridized carbons (Fsp3) is 0.538. The molecule has 0 saturated carbocycles. The van der Waals surface area contributed by atoms with Gasteiger partial charge in [-0.25, -0.2) is 8.42 Å². The minimum absolute atomic E-state index is 0.186. The molecule has 4 nitrogen and oxygen atoms in total. The van der Waals surface area contributed by atoms with E-state index in [1.165, 1.54) is 0 Å². The van der Waals surface area contributed by atoms with E-state index >= 15 is 0 Å². The van der Waals surface area contributed by atoms with Crippen molar-refractivity contribution in [3.05, 3.63) is 29.8 Å². The highest BCUT2D eigenvalue weighted by molar-refractivity contribution is 7.91. The molecule has 0 unspecified atom stereocenters. The van der Waals surface area contributed by atoms with Crippen LogP contribution in [0.15, 0.2) is 24.3 Å². The van der Waals surface area contributed by atoms with Crippen LogP contribution in [0.2, 0.25) is 0 Å². The topological polar surface area (TPSA) is 69.4 Å². The summed E-state index contributed by atoms with van der Waals surface area (Å²) < 4.78 is 28.5. The number of ether oxygens (including phenoxy) is 1. The first-order valence-corrected chi connectivity index (χ1v) is 8.02. The lowest BCUT2D eigenvalue weighted by Gasteiger charge is -2.10. The van der Waals surface area contributed by atoms with Crippen LogP contribution < -0.4 is 10.5 Å². The second-order valence-electron chi connectivity index (χ2n) is 4.17. The van der Waals surface area contributed by atoms with E-state index in [1.807, 2.05) is 31.2 Å². The maximum absolute atomic E-state index is 11.5. The largest absolute Gasteiger partial charge is 0.493 e. The second kappa shape index (κ2) is 7.38. The van der Waals surface area contributed by atoms with Gasteiger partial charge in [-0.05, 0) is 18.9 Å². The van der Waals surface area contributed by atoms with Gasteiger partial charge >= 0.3 is 0 Å². The average Bonchev–Trinajstić information content (AvgIpc) is 2.35. The molecule has 0 heterocycles. The first kappa shape index (κ1) is 15.0. The van der Waals surface area contributed by atoms with Crippen LogP contribution in [0.1, 0.15) is 25.3 Å². The smallest absolute Gasteiger partial charge is 0.150 e. The molecule has 0 saturated heterocycles. The normalized spacial score (nSPS) is 11.4. The van der Waals surface area contributed by atoms with Crippen LogP contribution in [0.3, 0.4) is 0 Å². The third-order valence-corrected chi connectivity index (χ3v) is 4.51. The number of sulfone groups is 1. The van der Waals surface area contributed by atoms with Crippen LogP contribution in [0.5, 0.6) is 5.75 Å². The Labute approximate surface area is 109 Å². The van der Waals surface area contributed by atoms with Crippen LogP contribution in [0.4, 0.5) is 0 Å². The number of nitrogens with two attached hydrogens (primary N) is 1. The Morgan fingerprint density at radius 1 is 1.22 bits per heavy atom. The SMILES string of the molecule is CCCS(=O)(=O)CCCOc1ccccc1CN. The maximum Gasteiger partial charge on any atom is 0.150 e. The molecule has 0 spiro atoms. The zero-order valence-corrected chi connectivity index (χ0v) is 11.6. The van der Waals surface area contributed by atoms with Gasteiger partial charge in [-0.1, -0.05) is 25.1 Å². The highest BCUT2D eigenvalue weighted by Gasteiger charge is 2.09. The quantitative estimate of drug-likeness (QED) is 0.731. The number of benzene rings is 1. The Kier molecular flexibility index (Phi) is 6.15. The van der Waals surface area contributed by atoms with Crippen molar-refractivity contribution in [3.63, 3.8) is 0 Å². The van der Waals surface area contributed by atoms with Crippen molar-refractivity contribution < 1.29 is 13.2 Å². The summed E-state index contributed by atoms with van der Waals surface area (Å²) in [5.41, 5.74) is 6.53. The highest BCUT2D eigenvalue weighted by Crippen LogP contribution is 2.17. The zero-order valence-electron chi connectivity index (χ0n) is 10.8. The third kappa shape index (κ3) is 5.06. The first-order chi connectivity index (χ1) is 8.59. The van der Waals surface area contributed by atoms with Crippen LogP contribution in [-0.2, 0) is 16.4 Å². The lowest BCUT2D eigenvalue weighted by Crippen LogP contribution is -2.13. The molecule has 102 valence electrons. The van der Waals surface area contributed by atoms with Gasteiger partial charge < -0.3 is 10.5 Å². The molecular weight excluding hydrogens is 250 g/mol. The molecule has 1 aromatic rings. The second-order valence-corrected chi connectivity index (χ2v) is 6.47. The lowest BCUT2D eigenvalue weighted by molar-refractivity contribution is 0.314. The fourth-order valence-corrected chi connectivity index (χ4v) is 3.07. The molecule has 2 N–H and O–H groups in total. The maximum atomic E-state index is 11.5. The number of hydrogen-bond acceptors (Lipinski definition) is 4. The van der Waals surface area contributed by atoms with E-state index < -0.39 is 9.84 Å². The summed E-state index contributed by atoms with van der Waals surface area (Å²) in [5, 5.41) is 0. The molecule has 5 heteroatoms. The van der Waals surface area contributed by atoms with E-state index in [1.54, 1.807) is 0 Å². The van der Waals surface area contributed by atoms with E-state index in [-0.39, 0.29) is 11.5 Å². The summed E-state index contributed by atoms with van der Waals surface area (Å²) in [7, 11) is -2.91. The Bertz CT molecular complexity index is 457. The van der Waals surface area contributed by atoms with Gasteiger partial charge in [0.15, 0.2) is 0 Å². The standard InChI is InChI=1S/C13H21NO3S/c1-2-9-18(15,16)10-5-8-17-13-7-4-3-6-12(13)11-14/h3-4,6-7H,2,5,8-11,14H2,1H3. The van der Waals surface area contributed by atoms with Crippen LogP contribution in [0.25, 0.3) is 0 Å². The minimum atomic E-state index is -2.91. The van der Waals surface area contributed by atoms with Crippen molar-refractivity contribution in [2.75, 3.05) is 18.1 Å². The number of rotatable bonds is 8. The van der Waals surface area contributed by atoms with Crippen LogP contribution >= 0.6 is 0 Å². The molecule has 18 heavy (non-hydrogen) atoms. The molecule has 0 aromatic heterocycles. The summed E-state index contributed by atoms with van der Waals surface area (Å²) in [6, 6.07) is 7.54. The van der Waals surface area contributed by atoms with Crippen molar-refractivity contribution in [2.45, 2.75) is 26.3 Å². The summed E-state index contributed by atoms with van der Waals surface area (Å²) in [4.78, 5) is 0. The number of para-hydroxylation sites is 1. The Balaban J connectivity index is 2.38. The number of hydrogen-bond donors (Lipinski definition) is 1. The minimum Gasteiger partial charge on any atom is -0.493 e. The van der Waals surface area contributed by atoms with Gasteiger partial charge in [0.1, 0.15) is 15.6 Å². The van der Waals surface area contributed by atoms with E-state index in [4.69, 9.17) is 10.5 Å². The van der Waals surface area contributed by atoms with Gasteiger partial charge in [0, 0.05) is 17.9 Å². The summed E-state index contributed by atoms with van der Waals surface area (Å²) in [6.07, 6.45) is 1.18. The van der Waals surface area contributed by atoms with Crippen molar-refractivity contribution in [1.29, 1.82) is 0 Å². The molecule has 0 aliphatic carbocycles. The zero-order chi connectivity index (χ0) is 13.4. The van der Waals surface area contributed by atoms with Crippen molar-refractivity contribution in [3.8, 4) is 5.75 Å². The Hall–Kier alpha value is -1.07. The van der Waals surface area contributed by atoms with Gasteiger partial charge in [-0.2, -0.15) is 0 Å². The van der Waals surface area contributed by atoms with Gasteiger partial charge in [-0.15, -0.1) is 0 Å². The van der Waals surface area contributed by atoms with Crippen molar-refractivity contribution in [2.24, 2.45) is 5.73 Å². The van der Waals surface area contributed by atoms with Crippen molar-refractivity contribution in [1.82, 2.24) is 0 Å². The van der Waals surface area contributed by atoms with Gasteiger partial charge in [0.25, 0.3) is 0 Å². The van der Waals surface area contributed by atoms with E-state index in [0.717, 1.165) is 11.3 Å². The fourth-order valence-electron chi connectivity index (χ4n) is 1.69. The molecule has 0 fully saturated rings. The lowest BCUT2D eigenvalue weighted by atomic mass is 10.2. The van der Waals surface area contributed by atoms with Gasteiger partial charge in [0.2, 0.25) is 0 Å². The van der Waals surface area contributed by atoms with Crippen LogP contribution in [0, 0.1) is 0 Å². The van der Waals surface area contributed by atoms with Gasteiger partial charge in [-0.3, -0.25) is 0 Å². The molecule has 1 rings (SSSR count). The molecule has 0 aliphatic heterocycles. The summed E-state index contributed by atoms with van der Waals surface area (Å²) in [5.74, 6) is 1.19. The van der Waals surface area contributed by atoms with Crippen LogP contribution in [-0.4, -0.2) is 26.5 Å². The molecule has 0 atom stereocenters. The monoisotopic (exact) mass is 271 g/mol. The van der Waals surface area contributed by atoms with E-state index in [0.29, 0.717) is 26.0 Å². The molecule has 0 amide bonds. The molecule has 0 radical (unpaired) electrons. The molecular formula is C13H21NO3S. The predicted molar refractivity (Wildman–Crippen MR) is 73.4 cm³/mol. The van der Waals surface area contributed by atoms with Crippen molar-refractivity contribution >= 4 is 9.84 Å². The highest BCUT2D eigenvalue weighted by atomic mass is 32.2. The van der Waals surface area contributed by atoms with E-state index in [9.17, 15) is 8.42 Å². The average molecular weight is 271 g/mol. The van der Waals surface area contributed by atoms with E-state index in [2.05, 4.69) is 0 Å². The molecule has 0 bridgehead atoms. The Morgan fingerprint density at radius 2 is 1.94 bits per heavy atom.